The van der Waals surface area contributed by atoms with E-state index in [0.717, 1.165) is 38.9 Å². The van der Waals surface area contributed by atoms with Crippen LogP contribution in [0.2, 0.25) is 0 Å². The predicted molar refractivity (Wildman–Crippen MR) is 115 cm³/mol. The summed E-state index contributed by atoms with van der Waals surface area (Å²) in [6, 6.07) is 23.8. The minimum Gasteiger partial charge on any atom is -0.493 e. The Morgan fingerprint density at radius 3 is 1.93 bits per heavy atom. The first-order valence-corrected chi connectivity index (χ1v) is 9.28. The standard InChI is InChI=1S/C25H20N2O2/c1-16-20-13-22(28-2)23(29-3)14-21(20)25(19-11-9-17(15-26)10-12-19)27-24(16)18-7-5-4-6-8-18/h4-14H,1-3H3. The fourth-order valence-corrected chi connectivity index (χ4v) is 3.57. The number of aryl methyl sites for hydroxylation is 1. The molecule has 1 heterocycles. The Labute approximate surface area is 170 Å². The molecule has 0 unspecified atom stereocenters. The Balaban J connectivity index is 2.08. The molecule has 3 aromatic carbocycles. The number of benzene rings is 3. The zero-order chi connectivity index (χ0) is 20.4. The van der Waals surface area contributed by atoms with Crippen LogP contribution < -0.4 is 9.47 Å². The number of methoxy groups -OCH3 is 2. The fourth-order valence-electron chi connectivity index (χ4n) is 3.57. The molecular weight excluding hydrogens is 360 g/mol. The normalized spacial score (nSPS) is 10.6. The molecule has 0 fully saturated rings. The second kappa shape index (κ2) is 7.65. The van der Waals surface area contributed by atoms with Crippen LogP contribution in [0.3, 0.4) is 0 Å². The molecule has 142 valence electrons. The smallest absolute Gasteiger partial charge is 0.161 e. The summed E-state index contributed by atoms with van der Waals surface area (Å²) in [7, 11) is 3.27. The molecule has 4 nitrogen and oxygen atoms in total. The van der Waals surface area contributed by atoms with Gasteiger partial charge in [0.05, 0.1) is 37.2 Å². The summed E-state index contributed by atoms with van der Waals surface area (Å²) < 4.78 is 11.1. The van der Waals surface area contributed by atoms with Crippen molar-refractivity contribution in [2.45, 2.75) is 6.92 Å². The minimum atomic E-state index is 0.618. The van der Waals surface area contributed by atoms with Gasteiger partial charge in [0.2, 0.25) is 0 Å². The fraction of sp³-hybridized carbons (Fsp3) is 0.120. The summed E-state index contributed by atoms with van der Waals surface area (Å²) in [6.45, 7) is 2.08. The lowest BCUT2D eigenvalue weighted by molar-refractivity contribution is 0.356. The van der Waals surface area contributed by atoms with Crippen LogP contribution in [-0.2, 0) is 0 Å². The highest BCUT2D eigenvalue weighted by Gasteiger charge is 2.17. The van der Waals surface area contributed by atoms with Gasteiger partial charge in [-0.1, -0.05) is 42.5 Å². The largest absolute Gasteiger partial charge is 0.493 e. The molecule has 0 radical (unpaired) electrons. The number of nitriles is 1. The van der Waals surface area contributed by atoms with E-state index in [4.69, 9.17) is 19.7 Å². The minimum absolute atomic E-state index is 0.618. The van der Waals surface area contributed by atoms with Crippen LogP contribution in [0.25, 0.3) is 33.3 Å². The monoisotopic (exact) mass is 380 g/mol. The molecular formula is C25H20N2O2. The van der Waals surface area contributed by atoms with Gasteiger partial charge in [-0.3, -0.25) is 0 Å². The van der Waals surface area contributed by atoms with Crippen LogP contribution in [0.15, 0.2) is 66.7 Å². The van der Waals surface area contributed by atoms with Gasteiger partial charge in [-0.25, -0.2) is 4.98 Å². The van der Waals surface area contributed by atoms with Crippen LogP contribution in [0.1, 0.15) is 11.1 Å². The maximum Gasteiger partial charge on any atom is 0.161 e. The van der Waals surface area contributed by atoms with Crippen molar-refractivity contribution in [3.63, 3.8) is 0 Å². The highest BCUT2D eigenvalue weighted by molar-refractivity contribution is 6.01. The third kappa shape index (κ3) is 3.28. The SMILES string of the molecule is COc1cc2c(-c3ccc(C#N)cc3)nc(-c3ccccc3)c(C)c2cc1OC. The summed E-state index contributed by atoms with van der Waals surface area (Å²) >= 11 is 0. The molecule has 1 aromatic heterocycles. The van der Waals surface area contributed by atoms with E-state index in [1.54, 1.807) is 14.2 Å². The molecule has 0 aliphatic rings. The first-order valence-electron chi connectivity index (χ1n) is 9.28. The molecule has 0 aliphatic heterocycles. The number of aromatic nitrogens is 1. The van der Waals surface area contributed by atoms with E-state index >= 15 is 0 Å². The number of fused-ring (bicyclic) bond motifs is 1. The van der Waals surface area contributed by atoms with Crippen LogP contribution in [-0.4, -0.2) is 19.2 Å². The second-order valence-corrected chi connectivity index (χ2v) is 6.74. The Hall–Kier alpha value is -3.84. The van der Waals surface area contributed by atoms with Gasteiger partial charge in [-0.15, -0.1) is 0 Å². The summed E-state index contributed by atoms with van der Waals surface area (Å²) in [5, 5.41) is 11.2. The first kappa shape index (κ1) is 18.5. The van der Waals surface area contributed by atoms with Crippen molar-refractivity contribution in [1.82, 2.24) is 4.98 Å². The van der Waals surface area contributed by atoms with Crippen LogP contribution >= 0.6 is 0 Å². The number of rotatable bonds is 4. The molecule has 0 saturated carbocycles. The summed E-state index contributed by atoms with van der Waals surface area (Å²) in [5.74, 6) is 1.34. The summed E-state index contributed by atoms with van der Waals surface area (Å²) in [6.07, 6.45) is 0. The quantitative estimate of drug-likeness (QED) is 0.451. The molecule has 0 N–H and O–H groups in total. The Bertz CT molecular complexity index is 1220. The molecule has 0 atom stereocenters. The molecule has 0 bridgehead atoms. The molecule has 0 saturated heterocycles. The van der Waals surface area contributed by atoms with E-state index in [-0.39, 0.29) is 0 Å². The van der Waals surface area contributed by atoms with Gasteiger partial charge in [0.25, 0.3) is 0 Å². The summed E-state index contributed by atoms with van der Waals surface area (Å²) in [4.78, 5) is 5.05. The molecule has 4 aromatic rings. The molecule has 29 heavy (non-hydrogen) atoms. The average molecular weight is 380 g/mol. The van der Waals surface area contributed by atoms with Crippen LogP contribution in [0.4, 0.5) is 0 Å². The Morgan fingerprint density at radius 2 is 1.34 bits per heavy atom. The number of hydrogen-bond acceptors (Lipinski definition) is 4. The van der Waals surface area contributed by atoms with Gasteiger partial charge in [0.15, 0.2) is 11.5 Å². The van der Waals surface area contributed by atoms with E-state index < -0.39 is 0 Å². The van der Waals surface area contributed by atoms with Gasteiger partial charge >= 0.3 is 0 Å². The number of hydrogen-bond donors (Lipinski definition) is 0. The van der Waals surface area contributed by atoms with Crippen molar-refractivity contribution in [2.24, 2.45) is 0 Å². The zero-order valence-electron chi connectivity index (χ0n) is 16.6. The van der Waals surface area contributed by atoms with Crippen LogP contribution in [0.5, 0.6) is 11.5 Å². The van der Waals surface area contributed by atoms with Crippen molar-refractivity contribution in [3.05, 3.63) is 77.9 Å². The average Bonchev–Trinajstić information content (AvgIpc) is 2.79. The van der Waals surface area contributed by atoms with Crippen molar-refractivity contribution in [1.29, 1.82) is 5.26 Å². The maximum atomic E-state index is 9.13. The van der Waals surface area contributed by atoms with Crippen molar-refractivity contribution in [3.8, 4) is 40.1 Å². The molecule has 0 spiro atoms. The highest BCUT2D eigenvalue weighted by atomic mass is 16.5. The second-order valence-electron chi connectivity index (χ2n) is 6.74. The Kier molecular flexibility index (Phi) is 4.88. The third-order valence-electron chi connectivity index (χ3n) is 5.10. The topological polar surface area (TPSA) is 55.1 Å². The van der Waals surface area contributed by atoms with Gasteiger partial charge < -0.3 is 9.47 Å². The molecule has 4 heteroatoms. The van der Waals surface area contributed by atoms with E-state index in [1.165, 1.54) is 0 Å². The highest BCUT2D eigenvalue weighted by Crippen LogP contribution is 2.40. The van der Waals surface area contributed by atoms with Gasteiger partial charge in [0, 0.05) is 16.5 Å². The van der Waals surface area contributed by atoms with E-state index in [9.17, 15) is 0 Å². The third-order valence-corrected chi connectivity index (χ3v) is 5.10. The number of pyridine rings is 1. The molecule has 4 rings (SSSR count). The number of ether oxygens (including phenoxy) is 2. The van der Waals surface area contributed by atoms with E-state index in [2.05, 4.69) is 25.1 Å². The van der Waals surface area contributed by atoms with Gasteiger partial charge in [-0.2, -0.15) is 5.26 Å². The van der Waals surface area contributed by atoms with E-state index in [1.807, 2.05) is 54.6 Å². The predicted octanol–water partition coefficient (Wildman–Crippen LogP) is 5.77. The van der Waals surface area contributed by atoms with Crippen LogP contribution in [0, 0.1) is 18.3 Å². The first-order chi connectivity index (χ1) is 14.2. The van der Waals surface area contributed by atoms with Crippen molar-refractivity contribution >= 4 is 10.8 Å². The molecule has 0 aliphatic carbocycles. The lowest BCUT2D eigenvalue weighted by Crippen LogP contribution is -1.98. The van der Waals surface area contributed by atoms with Crippen molar-refractivity contribution in [2.75, 3.05) is 14.2 Å². The van der Waals surface area contributed by atoms with E-state index in [0.29, 0.717) is 17.1 Å². The van der Waals surface area contributed by atoms with Gasteiger partial charge in [-0.05, 0) is 42.1 Å². The lowest BCUT2D eigenvalue weighted by atomic mass is 9.95. The van der Waals surface area contributed by atoms with Gasteiger partial charge in [0.1, 0.15) is 0 Å². The Morgan fingerprint density at radius 1 is 0.759 bits per heavy atom. The number of nitrogens with zero attached hydrogens (tertiary/aromatic N) is 2. The zero-order valence-corrected chi connectivity index (χ0v) is 16.6. The molecule has 0 amide bonds. The van der Waals surface area contributed by atoms with Crippen molar-refractivity contribution < 1.29 is 9.47 Å². The maximum absolute atomic E-state index is 9.13. The lowest BCUT2D eigenvalue weighted by Gasteiger charge is -2.17. The summed E-state index contributed by atoms with van der Waals surface area (Å²) in [5.41, 5.74) is 5.45.